The molecule has 1 saturated carbocycles. The van der Waals surface area contributed by atoms with Crippen LogP contribution in [0.1, 0.15) is 12.8 Å². The van der Waals surface area contributed by atoms with Crippen molar-refractivity contribution in [3.63, 3.8) is 0 Å². The average Bonchev–Trinajstić information content (AvgIpc) is 3.13. The molecule has 118 valence electrons. The molecule has 1 aliphatic rings. The van der Waals surface area contributed by atoms with Gasteiger partial charge in [-0.25, -0.2) is 8.42 Å². The Morgan fingerprint density at radius 1 is 1.05 bits per heavy atom. The molecule has 7 nitrogen and oxygen atoms in total. The summed E-state index contributed by atoms with van der Waals surface area (Å²) in [5.74, 6) is 0. The van der Waals surface area contributed by atoms with Gasteiger partial charge in [-0.15, -0.1) is 0 Å². The Hall–Kier alpha value is -1.32. The van der Waals surface area contributed by atoms with E-state index in [1.165, 1.54) is 24.7 Å². The average molecular weight is 333 g/mol. The zero-order valence-electron chi connectivity index (χ0n) is 12.1. The summed E-state index contributed by atoms with van der Waals surface area (Å²) in [6, 6.07) is 6.33. The van der Waals surface area contributed by atoms with Crippen LogP contribution in [0.4, 0.5) is 11.4 Å². The lowest BCUT2D eigenvalue weighted by atomic mass is 10.3. The van der Waals surface area contributed by atoms with Crippen molar-refractivity contribution in [2.75, 3.05) is 29.4 Å². The maximum atomic E-state index is 11.8. The third kappa shape index (κ3) is 3.86. The Labute approximate surface area is 125 Å². The van der Waals surface area contributed by atoms with Crippen molar-refractivity contribution in [2.45, 2.75) is 18.9 Å². The summed E-state index contributed by atoms with van der Waals surface area (Å²) in [5, 5.41) is 0. The van der Waals surface area contributed by atoms with Gasteiger partial charge >= 0.3 is 10.2 Å². The molecule has 0 atom stereocenters. The lowest BCUT2D eigenvalue weighted by Crippen LogP contribution is -2.32. The van der Waals surface area contributed by atoms with Crippen molar-refractivity contribution in [2.24, 2.45) is 0 Å². The van der Waals surface area contributed by atoms with Crippen molar-refractivity contribution in [3.8, 4) is 0 Å². The number of hydrogen-bond donors (Lipinski definition) is 1. The van der Waals surface area contributed by atoms with Gasteiger partial charge in [-0.05, 0) is 37.1 Å². The fourth-order valence-corrected chi connectivity index (χ4v) is 3.77. The lowest BCUT2D eigenvalue weighted by Gasteiger charge is -2.22. The van der Waals surface area contributed by atoms with E-state index in [9.17, 15) is 16.8 Å². The van der Waals surface area contributed by atoms with E-state index in [-0.39, 0.29) is 6.04 Å². The number of sulfonamides is 1. The molecule has 0 unspecified atom stereocenters. The Bertz CT molecular complexity index is 707. The smallest absolute Gasteiger partial charge is 0.271 e. The molecule has 0 heterocycles. The van der Waals surface area contributed by atoms with E-state index in [0.29, 0.717) is 11.4 Å². The first-order valence-corrected chi connectivity index (χ1v) is 9.70. The number of nitrogens with zero attached hydrogens (tertiary/aromatic N) is 2. The quantitative estimate of drug-likeness (QED) is 0.835. The highest BCUT2D eigenvalue weighted by atomic mass is 32.2. The van der Waals surface area contributed by atoms with Crippen LogP contribution in [0.15, 0.2) is 24.3 Å². The summed E-state index contributed by atoms with van der Waals surface area (Å²) < 4.78 is 51.9. The molecule has 1 aromatic carbocycles. The number of hydrogen-bond acceptors (Lipinski definition) is 4. The van der Waals surface area contributed by atoms with E-state index in [1.54, 1.807) is 24.3 Å². The normalized spacial score (nSPS) is 16.0. The van der Waals surface area contributed by atoms with Crippen molar-refractivity contribution < 1.29 is 16.8 Å². The molecule has 9 heteroatoms. The zero-order chi connectivity index (χ0) is 15.8. The van der Waals surface area contributed by atoms with Gasteiger partial charge in [-0.1, -0.05) is 0 Å². The molecule has 0 bridgehead atoms. The van der Waals surface area contributed by atoms with Gasteiger partial charge in [0.05, 0.1) is 11.9 Å². The topological polar surface area (TPSA) is 86.8 Å². The van der Waals surface area contributed by atoms with Crippen LogP contribution in [-0.2, 0) is 20.2 Å². The van der Waals surface area contributed by atoms with E-state index in [1.807, 2.05) is 0 Å². The van der Waals surface area contributed by atoms with Crippen molar-refractivity contribution in [3.05, 3.63) is 24.3 Å². The monoisotopic (exact) mass is 333 g/mol. The second-order valence-corrected chi connectivity index (χ2v) is 8.97. The van der Waals surface area contributed by atoms with Crippen LogP contribution < -0.4 is 9.03 Å². The van der Waals surface area contributed by atoms with Crippen LogP contribution >= 0.6 is 0 Å². The van der Waals surface area contributed by atoms with Crippen LogP contribution in [0.25, 0.3) is 0 Å². The molecular formula is C12H19N3O4S2. The molecule has 1 aromatic rings. The van der Waals surface area contributed by atoms with Gasteiger partial charge in [-0.3, -0.25) is 9.03 Å². The summed E-state index contributed by atoms with van der Waals surface area (Å²) in [6.07, 6.45) is 2.87. The van der Waals surface area contributed by atoms with E-state index < -0.39 is 20.2 Å². The van der Waals surface area contributed by atoms with Gasteiger partial charge in [-0.2, -0.15) is 12.7 Å². The van der Waals surface area contributed by atoms with Gasteiger partial charge in [0.1, 0.15) is 0 Å². The van der Waals surface area contributed by atoms with Crippen LogP contribution in [0.5, 0.6) is 0 Å². The minimum atomic E-state index is -3.57. The Morgan fingerprint density at radius 2 is 1.57 bits per heavy atom. The predicted molar refractivity (Wildman–Crippen MR) is 83.0 cm³/mol. The lowest BCUT2D eigenvalue weighted by molar-refractivity contribution is 0.527. The van der Waals surface area contributed by atoms with Gasteiger partial charge in [0.2, 0.25) is 10.0 Å². The Balaban J connectivity index is 2.23. The highest BCUT2D eigenvalue weighted by molar-refractivity contribution is 7.92. The van der Waals surface area contributed by atoms with E-state index in [2.05, 4.69) is 4.72 Å². The SMILES string of the molecule is CN(C)S(=O)(=O)Nc1ccc(N(C2CC2)S(C)(=O)=O)cc1. The molecule has 21 heavy (non-hydrogen) atoms. The molecule has 2 rings (SSSR count). The van der Waals surface area contributed by atoms with E-state index >= 15 is 0 Å². The Morgan fingerprint density at radius 3 is 1.95 bits per heavy atom. The number of benzene rings is 1. The number of nitrogens with one attached hydrogen (secondary N) is 1. The third-order valence-electron chi connectivity index (χ3n) is 3.09. The van der Waals surface area contributed by atoms with Gasteiger partial charge in [0, 0.05) is 25.8 Å². The molecule has 1 fully saturated rings. The van der Waals surface area contributed by atoms with E-state index in [4.69, 9.17) is 0 Å². The molecule has 0 aromatic heterocycles. The van der Waals surface area contributed by atoms with Gasteiger partial charge in [0.15, 0.2) is 0 Å². The fraction of sp³-hybridized carbons (Fsp3) is 0.500. The van der Waals surface area contributed by atoms with Crippen molar-refractivity contribution >= 4 is 31.6 Å². The third-order valence-corrected chi connectivity index (χ3v) is 5.76. The zero-order valence-corrected chi connectivity index (χ0v) is 13.8. The minimum Gasteiger partial charge on any atom is -0.271 e. The summed E-state index contributed by atoms with van der Waals surface area (Å²) in [7, 11) is -4.04. The maximum Gasteiger partial charge on any atom is 0.301 e. The molecule has 1 N–H and O–H groups in total. The second-order valence-electron chi connectivity index (χ2n) is 5.23. The summed E-state index contributed by atoms with van der Waals surface area (Å²) >= 11 is 0. The summed E-state index contributed by atoms with van der Waals surface area (Å²) in [5.41, 5.74) is 0.935. The molecular weight excluding hydrogens is 314 g/mol. The minimum absolute atomic E-state index is 0.0179. The first kappa shape index (κ1) is 16.1. The second kappa shape index (κ2) is 5.47. The first-order valence-electron chi connectivity index (χ1n) is 6.41. The molecule has 0 saturated heterocycles. The molecule has 0 aliphatic heterocycles. The first-order chi connectivity index (χ1) is 9.61. The highest BCUT2D eigenvalue weighted by Crippen LogP contribution is 2.34. The van der Waals surface area contributed by atoms with Crippen LogP contribution in [0.3, 0.4) is 0 Å². The molecule has 0 radical (unpaired) electrons. The number of anilines is 2. The predicted octanol–water partition coefficient (Wildman–Crippen LogP) is 0.833. The summed E-state index contributed by atoms with van der Waals surface area (Å²) in [6.45, 7) is 0. The van der Waals surface area contributed by atoms with Gasteiger partial charge < -0.3 is 0 Å². The van der Waals surface area contributed by atoms with Crippen LogP contribution in [0, 0.1) is 0 Å². The highest BCUT2D eigenvalue weighted by Gasteiger charge is 2.35. The fourth-order valence-electron chi connectivity index (χ4n) is 1.90. The molecule has 0 spiro atoms. The molecule has 0 amide bonds. The summed E-state index contributed by atoms with van der Waals surface area (Å²) in [4.78, 5) is 0. The van der Waals surface area contributed by atoms with Crippen molar-refractivity contribution in [1.29, 1.82) is 0 Å². The standard InChI is InChI=1S/C12H19N3O4S2/c1-14(2)21(18,19)13-10-4-6-11(7-5-10)15(12-8-9-12)20(3,16)17/h4-7,12-13H,8-9H2,1-3H3. The number of rotatable bonds is 6. The Kier molecular flexibility index (Phi) is 4.18. The van der Waals surface area contributed by atoms with E-state index in [0.717, 1.165) is 17.1 Å². The maximum absolute atomic E-state index is 11.8. The largest absolute Gasteiger partial charge is 0.301 e. The molecule has 1 aliphatic carbocycles. The van der Waals surface area contributed by atoms with Crippen molar-refractivity contribution in [1.82, 2.24) is 4.31 Å². The van der Waals surface area contributed by atoms with Crippen LogP contribution in [-0.4, -0.2) is 47.5 Å². The van der Waals surface area contributed by atoms with Crippen LogP contribution in [0.2, 0.25) is 0 Å². The van der Waals surface area contributed by atoms with Gasteiger partial charge in [0.25, 0.3) is 0 Å².